The summed E-state index contributed by atoms with van der Waals surface area (Å²) in [6, 6.07) is 21.3. The van der Waals surface area contributed by atoms with E-state index in [0.29, 0.717) is 40.0 Å². The maximum atomic E-state index is 12.6. The molecule has 0 fully saturated rings. The van der Waals surface area contributed by atoms with Crippen LogP contribution < -0.4 is 5.32 Å². The van der Waals surface area contributed by atoms with Gasteiger partial charge in [0.15, 0.2) is 5.82 Å². The zero-order valence-electron chi connectivity index (χ0n) is 18.1. The maximum absolute atomic E-state index is 12.6. The summed E-state index contributed by atoms with van der Waals surface area (Å²) in [6.07, 6.45) is 3.04. The van der Waals surface area contributed by atoms with Crippen molar-refractivity contribution in [3.63, 3.8) is 0 Å². The van der Waals surface area contributed by atoms with Crippen LogP contribution in [0, 0.1) is 6.92 Å². The standard InChI is InChI=1S/C26H19N5O3/c1-16-5-2-3-8-22(16)26-31-30-25(34-26)18-11-9-17(10-12-18)24(33)29-20-14-27-23(28-15-20)19-6-4-7-21(32)13-19/h2-15,32H,1H3,(H,29,33). The number of nitrogens with zero attached hydrogens (tertiary/aromatic N) is 4. The van der Waals surface area contributed by atoms with Gasteiger partial charge in [-0.25, -0.2) is 9.97 Å². The van der Waals surface area contributed by atoms with E-state index in [9.17, 15) is 9.90 Å². The fourth-order valence-corrected chi connectivity index (χ4v) is 3.42. The molecule has 0 saturated carbocycles. The highest BCUT2D eigenvalue weighted by Crippen LogP contribution is 2.26. The molecule has 0 saturated heterocycles. The summed E-state index contributed by atoms with van der Waals surface area (Å²) >= 11 is 0. The number of carbonyl (C=O) groups is 1. The smallest absolute Gasteiger partial charge is 0.255 e. The number of amides is 1. The molecular formula is C26H19N5O3. The first kappa shape index (κ1) is 21.0. The van der Waals surface area contributed by atoms with Crippen LogP contribution in [0.15, 0.2) is 89.6 Å². The fourth-order valence-electron chi connectivity index (χ4n) is 3.42. The first-order valence-electron chi connectivity index (χ1n) is 10.5. The highest BCUT2D eigenvalue weighted by molar-refractivity contribution is 6.04. The molecule has 166 valence electrons. The van der Waals surface area contributed by atoms with E-state index < -0.39 is 0 Å². The minimum atomic E-state index is -0.300. The molecule has 1 amide bonds. The average Bonchev–Trinajstić information content (AvgIpc) is 3.35. The molecule has 0 aliphatic rings. The third kappa shape index (κ3) is 4.37. The van der Waals surface area contributed by atoms with Gasteiger partial charge in [-0.05, 0) is 55.0 Å². The number of rotatable bonds is 5. The van der Waals surface area contributed by atoms with Crippen LogP contribution >= 0.6 is 0 Å². The SMILES string of the molecule is Cc1ccccc1-c1nnc(-c2ccc(C(=O)Nc3cnc(-c4cccc(O)c4)nc3)cc2)o1. The number of hydrogen-bond acceptors (Lipinski definition) is 7. The Kier molecular flexibility index (Phi) is 5.53. The minimum absolute atomic E-state index is 0.133. The Morgan fingerprint density at radius 3 is 2.32 bits per heavy atom. The first-order chi connectivity index (χ1) is 16.6. The van der Waals surface area contributed by atoms with Crippen LogP contribution in [-0.4, -0.2) is 31.2 Å². The molecule has 0 aliphatic heterocycles. The number of nitrogens with one attached hydrogen (secondary N) is 1. The zero-order chi connectivity index (χ0) is 23.5. The highest BCUT2D eigenvalue weighted by atomic mass is 16.4. The molecule has 0 aliphatic carbocycles. The van der Waals surface area contributed by atoms with E-state index in [1.165, 1.54) is 12.4 Å². The Bertz CT molecular complexity index is 1460. The van der Waals surface area contributed by atoms with Crippen LogP contribution in [0.4, 0.5) is 5.69 Å². The lowest BCUT2D eigenvalue weighted by molar-refractivity contribution is 0.102. The van der Waals surface area contributed by atoms with E-state index >= 15 is 0 Å². The molecule has 0 radical (unpaired) electrons. The molecule has 5 rings (SSSR count). The van der Waals surface area contributed by atoms with Crippen LogP contribution in [0.3, 0.4) is 0 Å². The van der Waals surface area contributed by atoms with Gasteiger partial charge in [0.1, 0.15) is 5.75 Å². The van der Waals surface area contributed by atoms with Crippen molar-refractivity contribution in [3.8, 4) is 40.0 Å². The number of aryl methyl sites for hydroxylation is 1. The third-order valence-electron chi connectivity index (χ3n) is 5.21. The number of carbonyl (C=O) groups excluding carboxylic acids is 1. The summed E-state index contributed by atoms with van der Waals surface area (Å²) in [5.41, 5.74) is 4.23. The van der Waals surface area contributed by atoms with Crippen molar-refractivity contribution >= 4 is 11.6 Å². The van der Waals surface area contributed by atoms with Gasteiger partial charge >= 0.3 is 0 Å². The van der Waals surface area contributed by atoms with Crippen molar-refractivity contribution in [1.82, 2.24) is 20.2 Å². The molecule has 8 nitrogen and oxygen atoms in total. The van der Waals surface area contributed by atoms with Crippen molar-refractivity contribution in [2.75, 3.05) is 5.32 Å². The van der Waals surface area contributed by atoms with Gasteiger partial charge in [0, 0.05) is 22.3 Å². The van der Waals surface area contributed by atoms with E-state index in [0.717, 1.165) is 11.1 Å². The van der Waals surface area contributed by atoms with Crippen molar-refractivity contribution in [2.45, 2.75) is 6.92 Å². The Morgan fingerprint density at radius 1 is 0.853 bits per heavy atom. The Morgan fingerprint density at radius 2 is 1.59 bits per heavy atom. The second-order valence-corrected chi connectivity index (χ2v) is 7.60. The summed E-state index contributed by atoms with van der Waals surface area (Å²) in [6.45, 7) is 1.98. The summed E-state index contributed by atoms with van der Waals surface area (Å²) in [7, 11) is 0. The molecule has 2 N–H and O–H groups in total. The topological polar surface area (TPSA) is 114 Å². The molecule has 8 heteroatoms. The van der Waals surface area contributed by atoms with Crippen molar-refractivity contribution in [2.24, 2.45) is 0 Å². The monoisotopic (exact) mass is 449 g/mol. The van der Waals surface area contributed by atoms with Gasteiger partial charge in [0.25, 0.3) is 5.91 Å². The van der Waals surface area contributed by atoms with Gasteiger partial charge in [-0.1, -0.05) is 30.3 Å². The Labute approximate surface area is 195 Å². The summed E-state index contributed by atoms with van der Waals surface area (Å²) in [5, 5.41) is 20.7. The molecule has 0 spiro atoms. The van der Waals surface area contributed by atoms with Crippen LogP contribution in [-0.2, 0) is 0 Å². The van der Waals surface area contributed by atoms with Crippen LogP contribution in [0.5, 0.6) is 5.75 Å². The van der Waals surface area contributed by atoms with Gasteiger partial charge in [-0.3, -0.25) is 4.79 Å². The van der Waals surface area contributed by atoms with E-state index in [1.807, 2.05) is 31.2 Å². The summed E-state index contributed by atoms with van der Waals surface area (Å²) < 4.78 is 5.83. The van der Waals surface area contributed by atoms with Gasteiger partial charge in [0.05, 0.1) is 18.1 Å². The predicted molar refractivity (Wildman–Crippen MR) is 127 cm³/mol. The highest BCUT2D eigenvalue weighted by Gasteiger charge is 2.13. The summed E-state index contributed by atoms with van der Waals surface area (Å²) in [4.78, 5) is 21.2. The Balaban J connectivity index is 1.28. The van der Waals surface area contributed by atoms with Crippen molar-refractivity contribution in [1.29, 1.82) is 0 Å². The van der Waals surface area contributed by atoms with Gasteiger partial charge < -0.3 is 14.8 Å². The first-order valence-corrected chi connectivity index (χ1v) is 10.5. The number of phenolic OH excluding ortho intramolecular Hbond substituents is 1. The third-order valence-corrected chi connectivity index (χ3v) is 5.21. The average molecular weight is 449 g/mol. The van der Waals surface area contributed by atoms with E-state index in [-0.39, 0.29) is 11.7 Å². The van der Waals surface area contributed by atoms with Crippen LogP contribution in [0.25, 0.3) is 34.3 Å². The van der Waals surface area contributed by atoms with Gasteiger partial charge in [-0.15, -0.1) is 10.2 Å². The number of anilines is 1. The number of aromatic hydroxyl groups is 1. The second-order valence-electron chi connectivity index (χ2n) is 7.60. The van der Waals surface area contributed by atoms with Crippen molar-refractivity contribution < 1.29 is 14.3 Å². The lowest BCUT2D eigenvalue weighted by Crippen LogP contribution is -2.12. The van der Waals surface area contributed by atoms with E-state index in [2.05, 4.69) is 25.5 Å². The largest absolute Gasteiger partial charge is 0.508 e. The normalized spacial score (nSPS) is 10.7. The number of aromatic nitrogens is 4. The molecule has 0 atom stereocenters. The second kappa shape index (κ2) is 8.95. The molecular weight excluding hydrogens is 430 g/mol. The maximum Gasteiger partial charge on any atom is 0.255 e. The van der Waals surface area contributed by atoms with Crippen LogP contribution in [0.1, 0.15) is 15.9 Å². The van der Waals surface area contributed by atoms with Gasteiger partial charge in [0.2, 0.25) is 11.8 Å². The number of hydrogen-bond donors (Lipinski definition) is 2. The van der Waals surface area contributed by atoms with E-state index in [1.54, 1.807) is 48.5 Å². The molecule has 0 bridgehead atoms. The van der Waals surface area contributed by atoms with Gasteiger partial charge in [-0.2, -0.15) is 0 Å². The molecule has 5 aromatic rings. The Hall–Kier alpha value is -4.85. The quantitative estimate of drug-likeness (QED) is 0.382. The number of benzene rings is 3. The molecule has 2 heterocycles. The molecule has 34 heavy (non-hydrogen) atoms. The number of phenols is 1. The lowest BCUT2D eigenvalue weighted by atomic mass is 10.1. The van der Waals surface area contributed by atoms with Crippen LogP contribution in [0.2, 0.25) is 0 Å². The fraction of sp³-hybridized carbons (Fsp3) is 0.0385. The van der Waals surface area contributed by atoms with E-state index in [4.69, 9.17) is 4.42 Å². The zero-order valence-corrected chi connectivity index (χ0v) is 18.1. The lowest BCUT2D eigenvalue weighted by Gasteiger charge is -2.06. The van der Waals surface area contributed by atoms with Crippen molar-refractivity contribution in [3.05, 3.63) is 96.3 Å². The predicted octanol–water partition coefficient (Wildman–Crippen LogP) is 5.13. The molecule has 2 aromatic heterocycles. The molecule has 3 aromatic carbocycles. The molecule has 0 unspecified atom stereocenters. The minimum Gasteiger partial charge on any atom is -0.508 e. The summed E-state index contributed by atoms with van der Waals surface area (Å²) in [5.74, 6) is 1.10.